The molecular formula is C37H64O3SSi2. The predicted octanol–water partition coefficient (Wildman–Crippen LogP) is 11.7. The molecule has 1 N–H and O–H groups in total. The minimum absolute atomic E-state index is 0.179. The van der Waals surface area contributed by atoms with Crippen molar-refractivity contribution in [3.05, 3.63) is 62.9 Å². The molecule has 6 heteroatoms. The Morgan fingerprint density at radius 1 is 0.791 bits per heavy atom. The SMILES string of the molecule is CC/C(=C/CCC(O)(CC)CC)c1cc(CCc2ccc(CO[Si](C)(C)C(C)(C)C)c(CO[Si](C)(C)C(C)(C)C)c2)cs1. The first kappa shape index (κ1) is 38.2. The van der Waals surface area contributed by atoms with E-state index in [4.69, 9.17) is 8.85 Å². The van der Waals surface area contributed by atoms with Gasteiger partial charge in [0.05, 0.1) is 18.8 Å². The minimum Gasteiger partial charge on any atom is -0.413 e. The number of rotatable bonds is 16. The third-order valence-corrected chi connectivity index (χ3v) is 20.4. The van der Waals surface area contributed by atoms with Gasteiger partial charge in [-0.1, -0.05) is 86.6 Å². The maximum atomic E-state index is 10.7. The normalized spacial score (nSPS) is 14.0. The fourth-order valence-corrected chi connectivity index (χ4v) is 7.52. The van der Waals surface area contributed by atoms with Crippen LogP contribution in [0.2, 0.25) is 36.3 Å². The van der Waals surface area contributed by atoms with Crippen molar-refractivity contribution in [2.24, 2.45) is 0 Å². The van der Waals surface area contributed by atoms with Crippen LogP contribution in [0.5, 0.6) is 0 Å². The molecule has 0 atom stereocenters. The minimum atomic E-state index is -1.88. The second-order valence-corrected chi connectivity index (χ2v) is 26.1. The van der Waals surface area contributed by atoms with Crippen molar-refractivity contribution in [3.8, 4) is 0 Å². The van der Waals surface area contributed by atoms with Gasteiger partial charge in [0.15, 0.2) is 16.6 Å². The Kier molecular flexibility index (Phi) is 13.8. The van der Waals surface area contributed by atoms with Crippen LogP contribution in [0.25, 0.3) is 5.57 Å². The lowest BCUT2D eigenvalue weighted by atomic mass is 9.91. The number of allylic oxidation sites excluding steroid dienone is 2. The Balaban J connectivity index is 2.19. The molecule has 3 nitrogen and oxygen atoms in total. The van der Waals surface area contributed by atoms with E-state index in [0.717, 1.165) is 44.9 Å². The summed E-state index contributed by atoms with van der Waals surface area (Å²) in [6.45, 7) is 30.9. The highest BCUT2D eigenvalue weighted by atomic mass is 32.1. The monoisotopic (exact) mass is 644 g/mol. The highest BCUT2D eigenvalue weighted by Crippen LogP contribution is 2.39. The topological polar surface area (TPSA) is 38.7 Å². The fourth-order valence-electron chi connectivity index (χ4n) is 4.56. The fraction of sp³-hybridized carbons (Fsp3) is 0.676. The molecule has 244 valence electrons. The van der Waals surface area contributed by atoms with Gasteiger partial charge < -0.3 is 14.0 Å². The van der Waals surface area contributed by atoms with Crippen LogP contribution in [-0.2, 0) is 34.9 Å². The molecule has 0 aliphatic rings. The quantitative estimate of drug-likeness (QED) is 0.185. The molecule has 0 fully saturated rings. The second-order valence-electron chi connectivity index (χ2n) is 15.6. The van der Waals surface area contributed by atoms with Crippen molar-refractivity contribution in [2.75, 3.05) is 0 Å². The largest absolute Gasteiger partial charge is 0.413 e. The van der Waals surface area contributed by atoms with Crippen molar-refractivity contribution in [1.29, 1.82) is 0 Å². The molecule has 2 aromatic rings. The summed E-state index contributed by atoms with van der Waals surface area (Å²) in [6, 6.07) is 9.35. The summed E-state index contributed by atoms with van der Waals surface area (Å²) in [7, 11) is -3.73. The molecule has 0 spiro atoms. The van der Waals surface area contributed by atoms with Crippen molar-refractivity contribution >= 4 is 33.5 Å². The zero-order valence-electron chi connectivity index (χ0n) is 30.0. The summed E-state index contributed by atoms with van der Waals surface area (Å²) in [5.41, 5.74) is 6.19. The highest BCUT2D eigenvalue weighted by molar-refractivity contribution is 7.11. The molecule has 0 unspecified atom stereocenters. The summed E-state index contributed by atoms with van der Waals surface area (Å²) >= 11 is 1.86. The van der Waals surface area contributed by atoms with E-state index in [0.29, 0.717) is 13.2 Å². The highest BCUT2D eigenvalue weighted by Gasteiger charge is 2.38. The van der Waals surface area contributed by atoms with Crippen molar-refractivity contribution in [1.82, 2.24) is 0 Å². The van der Waals surface area contributed by atoms with Crippen LogP contribution in [0.3, 0.4) is 0 Å². The zero-order valence-corrected chi connectivity index (χ0v) is 32.8. The lowest BCUT2D eigenvalue weighted by molar-refractivity contribution is 0.0246. The molecule has 43 heavy (non-hydrogen) atoms. The van der Waals surface area contributed by atoms with Gasteiger partial charge in [-0.2, -0.15) is 0 Å². The number of aliphatic hydroxyl groups is 1. The summed E-state index contributed by atoms with van der Waals surface area (Å²) in [5.74, 6) is 0. The Morgan fingerprint density at radius 2 is 1.33 bits per heavy atom. The molecule has 1 aromatic carbocycles. The van der Waals surface area contributed by atoms with Crippen LogP contribution >= 0.6 is 11.3 Å². The molecular weight excluding hydrogens is 581 g/mol. The zero-order chi connectivity index (χ0) is 32.7. The van der Waals surface area contributed by atoms with Gasteiger partial charge in [-0.25, -0.2) is 0 Å². The summed E-state index contributed by atoms with van der Waals surface area (Å²) in [4.78, 5) is 1.37. The number of aryl methyl sites for hydroxylation is 2. The molecule has 2 rings (SSSR count). The summed E-state index contributed by atoms with van der Waals surface area (Å²) < 4.78 is 13.4. The maximum absolute atomic E-state index is 10.7. The Morgan fingerprint density at radius 3 is 1.84 bits per heavy atom. The third kappa shape index (κ3) is 11.1. The van der Waals surface area contributed by atoms with E-state index in [1.807, 2.05) is 11.3 Å². The molecule has 0 bridgehead atoms. The van der Waals surface area contributed by atoms with Crippen LogP contribution in [-0.4, -0.2) is 27.3 Å². The van der Waals surface area contributed by atoms with Crippen LogP contribution < -0.4 is 0 Å². The van der Waals surface area contributed by atoms with E-state index in [2.05, 4.69) is 124 Å². The maximum Gasteiger partial charge on any atom is 0.192 e. The van der Waals surface area contributed by atoms with Gasteiger partial charge in [0, 0.05) is 4.88 Å². The van der Waals surface area contributed by atoms with Gasteiger partial charge in [0.1, 0.15) is 0 Å². The molecule has 0 radical (unpaired) electrons. The van der Waals surface area contributed by atoms with E-state index >= 15 is 0 Å². The lowest BCUT2D eigenvalue weighted by Gasteiger charge is -2.37. The first-order valence-electron chi connectivity index (χ1n) is 16.6. The Labute approximate surface area is 271 Å². The number of hydrogen-bond acceptors (Lipinski definition) is 4. The molecule has 0 aliphatic carbocycles. The van der Waals surface area contributed by atoms with Gasteiger partial charge in [0.2, 0.25) is 0 Å². The third-order valence-electron chi connectivity index (χ3n) is 10.4. The van der Waals surface area contributed by atoms with Crippen molar-refractivity contribution < 1.29 is 14.0 Å². The van der Waals surface area contributed by atoms with Gasteiger partial charge in [0.25, 0.3) is 0 Å². The van der Waals surface area contributed by atoms with Crippen molar-refractivity contribution in [3.63, 3.8) is 0 Å². The van der Waals surface area contributed by atoms with E-state index in [9.17, 15) is 5.11 Å². The van der Waals surface area contributed by atoms with Crippen molar-refractivity contribution in [2.45, 2.75) is 162 Å². The van der Waals surface area contributed by atoms with Gasteiger partial charge in [-0.3, -0.25) is 0 Å². The molecule has 1 heterocycles. The molecule has 0 saturated carbocycles. The van der Waals surface area contributed by atoms with E-state index in [-0.39, 0.29) is 10.1 Å². The Bertz CT molecular complexity index is 1180. The number of thiophene rings is 1. The van der Waals surface area contributed by atoms with Gasteiger partial charge in [-0.15, -0.1) is 11.3 Å². The van der Waals surface area contributed by atoms with E-state index in [1.165, 1.54) is 32.7 Å². The standard InChI is InChI=1S/C37H64O3SSi2/c1-14-31(18-17-23-37(38,15-2)16-3)34-25-30(28-41-34)20-19-29-21-22-32(26-39-42(10,11)35(4,5)6)33(24-29)27-40-43(12,13)36(7,8)9/h18,21-22,24-25,28,38H,14-17,19-20,23,26-27H2,1-13H3/b31-18-. The first-order valence-corrected chi connectivity index (χ1v) is 23.3. The summed E-state index contributed by atoms with van der Waals surface area (Å²) in [6.07, 6.45) is 8.81. The number of hydrogen-bond donors (Lipinski definition) is 1. The van der Waals surface area contributed by atoms with Gasteiger partial charge in [-0.05, 0) is 120 Å². The van der Waals surface area contributed by atoms with Crippen LogP contribution in [0.1, 0.15) is 122 Å². The second kappa shape index (κ2) is 15.5. The van der Waals surface area contributed by atoms with Crippen LogP contribution in [0.4, 0.5) is 0 Å². The first-order chi connectivity index (χ1) is 19.8. The number of benzene rings is 1. The predicted molar refractivity (Wildman–Crippen MR) is 195 cm³/mol. The molecule has 0 saturated heterocycles. The average molecular weight is 645 g/mol. The summed E-state index contributed by atoms with van der Waals surface area (Å²) in [5, 5.41) is 13.4. The smallest absolute Gasteiger partial charge is 0.192 e. The molecule has 0 aliphatic heterocycles. The molecule has 1 aromatic heterocycles. The van der Waals surface area contributed by atoms with Crippen LogP contribution in [0, 0.1) is 0 Å². The lowest BCUT2D eigenvalue weighted by Crippen LogP contribution is -2.41. The van der Waals surface area contributed by atoms with E-state index < -0.39 is 22.2 Å². The molecule has 0 amide bonds. The van der Waals surface area contributed by atoms with Crippen LogP contribution in [0.15, 0.2) is 35.7 Å². The van der Waals surface area contributed by atoms with E-state index in [1.54, 1.807) is 0 Å². The average Bonchev–Trinajstić information content (AvgIpc) is 3.40. The Hall–Kier alpha value is -1.03. The van der Waals surface area contributed by atoms with Gasteiger partial charge >= 0.3 is 0 Å².